The van der Waals surface area contributed by atoms with Crippen LogP contribution in [0.2, 0.25) is 0 Å². The molecule has 0 radical (unpaired) electrons. The Bertz CT molecular complexity index is 1540. The van der Waals surface area contributed by atoms with Crippen LogP contribution < -0.4 is 11.1 Å². The van der Waals surface area contributed by atoms with Crippen molar-refractivity contribution in [3.05, 3.63) is 102 Å². The Kier molecular flexibility index (Phi) is 5.85. The monoisotopic (exact) mass is 464 g/mol. The molecule has 0 fully saturated rings. The van der Waals surface area contributed by atoms with Crippen molar-refractivity contribution >= 4 is 22.6 Å². The highest BCUT2D eigenvalue weighted by atomic mass is 19.1. The highest BCUT2D eigenvalue weighted by Gasteiger charge is 2.23. The Balaban J connectivity index is 1.60. The molecule has 3 heterocycles. The summed E-state index contributed by atoms with van der Waals surface area (Å²) in [5.41, 5.74) is 9.73. The fourth-order valence-electron chi connectivity index (χ4n) is 3.89. The first-order chi connectivity index (χ1) is 17.0. The molecule has 1 unspecified atom stereocenters. The molecule has 3 aromatic heterocycles. The van der Waals surface area contributed by atoms with Gasteiger partial charge in [-0.15, -0.1) is 0 Å². The third kappa shape index (κ3) is 4.41. The number of nitrogens with two attached hydrogens (primary N) is 1. The lowest BCUT2D eigenvalue weighted by molar-refractivity contribution is 0.0934. The molecule has 0 spiro atoms. The molecule has 0 aliphatic heterocycles. The Morgan fingerprint density at radius 3 is 2.43 bits per heavy atom. The van der Waals surface area contributed by atoms with E-state index in [2.05, 4.69) is 25.3 Å². The van der Waals surface area contributed by atoms with E-state index < -0.39 is 17.8 Å². The van der Waals surface area contributed by atoms with Gasteiger partial charge in [0, 0.05) is 28.9 Å². The molecule has 5 rings (SSSR count). The standard InChI is InChI=1S/C27H21FN6O/c1-16(22-20(28)10-6-14-31-22)32-27(35)25-26(29)34-23(17-7-3-2-4-8-17)24(33-25)19-11-12-21-18(15-19)9-5-13-30-21/h2-16H,1H3,(H2,29,34)(H,32,35). The molecule has 8 heteroatoms. The molecule has 0 aliphatic rings. The third-order valence-corrected chi connectivity index (χ3v) is 5.61. The first kappa shape index (κ1) is 22.1. The van der Waals surface area contributed by atoms with Gasteiger partial charge in [-0.25, -0.2) is 14.4 Å². The molecular weight excluding hydrogens is 443 g/mol. The van der Waals surface area contributed by atoms with E-state index in [-0.39, 0.29) is 17.2 Å². The van der Waals surface area contributed by atoms with Crippen LogP contribution in [-0.2, 0) is 0 Å². The zero-order chi connectivity index (χ0) is 24.4. The normalized spacial score (nSPS) is 11.8. The van der Waals surface area contributed by atoms with Gasteiger partial charge in [0.15, 0.2) is 11.5 Å². The molecule has 35 heavy (non-hydrogen) atoms. The number of fused-ring (bicyclic) bond motifs is 1. The maximum absolute atomic E-state index is 14.2. The van der Waals surface area contributed by atoms with Gasteiger partial charge in [0.05, 0.1) is 28.6 Å². The van der Waals surface area contributed by atoms with Crippen molar-refractivity contribution in [2.75, 3.05) is 5.73 Å². The summed E-state index contributed by atoms with van der Waals surface area (Å²) < 4.78 is 14.2. The van der Waals surface area contributed by atoms with Crippen LogP contribution in [0.25, 0.3) is 33.4 Å². The van der Waals surface area contributed by atoms with Gasteiger partial charge in [-0.2, -0.15) is 0 Å². The number of aromatic nitrogens is 4. The van der Waals surface area contributed by atoms with Crippen LogP contribution in [0.15, 0.2) is 85.2 Å². The van der Waals surface area contributed by atoms with Crippen molar-refractivity contribution in [2.24, 2.45) is 0 Å². The number of amides is 1. The van der Waals surface area contributed by atoms with Crippen LogP contribution in [0.4, 0.5) is 10.2 Å². The van der Waals surface area contributed by atoms with E-state index in [0.717, 1.165) is 22.0 Å². The minimum Gasteiger partial charge on any atom is -0.382 e. The number of anilines is 1. The first-order valence-corrected chi connectivity index (χ1v) is 11.0. The lowest BCUT2D eigenvalue weighted by Gasteiger charge is -2.16. The Labute approximate surface area is 200 Å². The van der Waals surface area contributed by atoms with Crippen LogP contribution in [-0.4, -0.2) is 25.8 Å². The van der Waals surface area contributed by atoms with Gasteiger partial charge in [-0.05, 0) is 37.3 Å². The largest absolute Gasteiger partial charge is 0.382 e. The lowest BCUT2D eigenvalue weighted by Crippen LogP contribution is -2.30. The quantitative estimate of drug-likeness (QED) is 0.381. The number of rotatable bonds is 5. The van der Waals surface area contributed by atoms with Gasteiger partial charge in [-0.1, -0.05) is 42.5 Å². The van der Waals surface area contributed by atoms with Crippen molar-refractivity contribution in [1.29, 1.82) is 0 Å². The van der Waals surface area contributed by atoms with E-state index in [4.69, 9.17) is 5.73 Å². The number of benzene rings is 2. The zero-order valence-electron chi connectivity index (χ0n) is 18.8. The van der Waals surface area contributed by atoms with Gasteiger partial charge in [0.2, 0.25) is 0 Å². The number of nitrogens with one attached hydrogen (secondary N) is 1. The second-order valence-corrected chi connectivity index (χ2v) is 8.00. The van der Waals surface area contributed by atoms with Crippen LogP contribution in [0.5, 0.6) is 0 Å². The molecule has 0 aliphatic carbocycles. The summed E-state index contributed by atoms with van der Waals surface area (Å²) in [7, 11) is 0. The predicted molar refractivity (Wildman–Crippen MR) is 133 cm³/mol. The Hall–Kier alpha value is -4.72. The third-order valence-electron chi connectivity index (χ3n) is 5.61. The number of carbonyl (C=O) groups excluding carboxylic acids is 1. The summed E-state index contributed by atoms with van der Waals surface area (Å²) in [5, 5.41) is 3.65. The molecule has 7 nitrogen and oxygen atoms in total. The Morgan fingerprint density at radius 1 is 0.886 bits per heavy atom. The highest BCUT2D eigenvalue weighted by Crippen LogP contribution is 2.32. The van der Waals surface area contributed by atoms with E-state index in [1.54, 1.807) is 13.1 Å². The first-order valence-electron chi connectivity index (χ1n) is 11.0. The van der Waals surface area contributed by atoms with E-state index in [9.17, 15) is 9.18 Å². The molecule has 172 valence electrons. The summed E-state index contributed by atoms with van der Waals surface area (Å²) in [6.45, 7) is 1.64. The van der Waals surface area contributed by atoms with Gasteiger partial charge in [-0.3, -0.25) is 14.8 Å². The number of hydrogen-bond acceptors (Lipinski definition) is 6. The van der Waals surface area contributed by atoms with E-state index in [0.29, 0.717) is 11.4 Å². The fourth-order valence-corrected chi connectivity index (χ4v) is 3.89. The molecular formula is C27H21FN6O. The van der Waals surface area contributed by atoms with Crippen molar-refractivity contribution in [3.8, 4) is 22.5 Å². The average molecular weight is 465 g/mol. The van der Waals surface area contributed by atoms with Gasteiger partial charge < -0.3 is 11.1 Å². The van der Waals surface area contributed by atoms with Crippen molar-refractivity contribution in [2.45, 2.75) is 13.0 Å². The SMILES string of the molecule is CC(NC(=O)c1nc(-c2ccc3ncccc3c2)c(-c2ccccc2)nc1N)c1ncccc1F. The van der Waals surface area contributed by atoms with Crippen molar-refractivity contribution in [3.63, 3.8) is 0 Å². The van der Waals surface area contributed by atoms with Gasteiger partial charge in [0.25, 0.3) is 5.91 Å². The second kappa shape index (κ2) is 9.26. The number of pyridine rings is 2. The number of carbonyl (C=O) groups is 1. The maximum Gasteiger partial charge on any atom is 0.274 e. The number of halogens is 1. The molecule has 0 saturated carbocycles. The summed E-state index contributed by atoms with van der Waals surface area (Å²) in [4.78, 5) is 30.8. The summed E-state index contributed by atoms with van der Waals surface area (Å²) in [5.74, 6) is -1.11. The zero-order valence-corrected chi connectivity index (χ0v) is 18.8. The molecule has 1 atom stereocenters. The maximum atomic E-state index is 14.2. The molecule has 5 aromatic rings. The number of nitrogens with zero attached hydrogens (tertiary/aromatic N) is 4. The second-order valence-electron chi connectivity index (χ2n) is 8.00. The average Bonchev–Trinajstić information content (AvgIpc) is 2.89. The van der Waals surface area contributed by atoms with Crippen LogP contribution in [0.1, 0.15) is 29.1 Å². The molecule has 0 bridgehead atoms. The van der Waals surface area contributed by atoms with Crippen LogP contribution >= 0.6 is 0 Å². The van der Waals surface area contributed by atoms with Gasteiger partial charge in [0.1, 0.15) is 5.82 Å². The summed E-state index contributed by atoms with van der Waals surface area (Å²) in [6.07, 6.45) is 3.20. The van der Waals surface area contributed by atoms with Crippen LogP contribution in [0.3, 0.4) is 0 Å². The smallest absolute Gasteiger partial charge is 0.274 e. The molecule has 0 saturated heterocycles. The number of hydrogen-bond donors (Lipinski definition) is 2. The Morgan fingerprint density at radius 2 is 1.63 bits per heavy atom. The van der Waals surface area contributed by atoms with E-state index >= 15 is 0 Å². The van der Waals surface area contributed by atoms with Crippen molar-refractivity contribution < 1.29 is 9.18 Å². The molecule has 1 amide bonds. The summed E-state index contributed by atoms with van der Waals surface area (Å²) >= 11 is 0. The molecule has 3 N–H and O–H groups in total. The lowest BCUT2D eigenvalue weighted by atomic mass is 10.0. The predicted octanol–water partition coefficient (Wildman–Crippen LogP) is 4.97. The van der Waals surface area contributed by atoms with E-state index in [1.165, 1.54) is 18.3 Å². The van der Waals surface area contributed by atoms with Crippen molar-refractivity contribution in [1.82, 2.24) is 25.3 Å². The summed E-state index contributed by atoms with van der Waals surface area (Å²) in [6, 6.07) is 21.1. The topological polar surface area (TPSA) is 107 Å². The van der Waals surface area contributed by atoms with Gasteiger partial charge >= 0.3 is 0 Å². The minimum atomic E-state index is -0.700. The molecule has 2 aromatic carbocycles. The number of nitrogen functional groups attached to an aromatic ring is 1. The highest BCUT2D eigenvalue weighted by molar-refractivity contribution is 5.98. The fraction of sp³-hybridized carbons (Fsp3) is 0.0741. The minimum absolute atomic E-state index is 0.0266. The van der Waals surface area contributed by atoms with Crippen LogP contribution in [0, 0.1) is 5.82 Å². The van der Waals surface area contributed by atoms with E-state index in [1.807, 2.05) is 60.7 Å².